The summed E-state index contributed by atoms with van der Waals surface area (Å²) in [5, 5.41) is 4.32. The fraction of sp³-hybridized carbons (Fsp3) is 0.600. The number of halogens is 1. The van der Waals surface area contributed by atoms with E-state index in [2.05, 4.69) is 5.10 Å². The van der Waals surface area contributed by atoms with Crippen LogP contribution in [0.3, 0.4) is 0 Å². The normalized spacial score (nSPS) is 11.6. The van der Waals surface area contributed by atoms with Gasteiger partial charge in [-0.1, -0.05) is 11.6 Å². The Morgan fingerprint density at radius 3 is 2.33 bits per heavy atom. The first-order valence-corrected chi connectivity index (χ1v) is 5.08. The topological polar surface area (TPSA) is 38.1 Å². The van der Waals surface area contributed by atoms with E-state index in [9.17, 15) is 4.79 Å². The van der Waals surface area contributed by atoms with E-state index >= 15 is 0 Å². The molecule has 0 aliphatic rings. The van der Waals surface area contributed by atoms with Crippen LogP contribution in [0.5, 0.6) is 0 Å². The van der Waals surface area contributed by atoms with Gasteiger partial charge in [0, 0.05) is 14.1 Å². The van der Waals surface area contributed by atoms with E-state index in [4.69, 9.17) is 11.6 Å². The molecule has 0 spiro atoms. The molecular formula is C10H16ClN3O. The highest BCUT2D eigenvalue weighted by atomic mass is 35.5. The Hall–Kier alpha value is -1.03. The van der Waals surface area contributed by atoms with Gasteiger partial charge in [-0.25, -0.2) is 4.68 Å². The molecule has 0 aromatic carbocycles. The van der Waals surface area contributed by atoms with Gasteiger partial charge in [0.1, 0.15) is 5.02 Å². The Balaban J connectivity index is 3.42. The number of nitrogens with zero attached hydrogens (tertiary/aromatic N) is 3. The van der Waals surface area contributed by atoms with Crippen molar-refractivity contribution in [2.24, 2.45) is 0 Å². The molecule has 0 bridgehead atoms. The highest BCUT2D eigenvalue weighted by Gasteiger charge is 2.19. The lowest BCUT2D eigenvalue weighted by molar-refractivity contribution is 0.338. The van der Waals surface area contributed by atoms with E-state index in [0.717, 1.165) is 0 Å². The van der Waals surface area contributed by atoms with E-state index in [-0.39, 0.29) is 16.1 Å². The third-order valence-corrected chi connectivity index (χ3v) is 2.37. The van der Waals surface area contributed by atoms with Crippen LogP contribution in [0.1, 0.15) is 20.8 Å². The summed E-state index contributed by atoms with van der Waals surface area (Å²) in [6.07, 6.45) is 1.61. The quantitative estimate of drug-likeness (QED) is 0.736. The summed E-state index contributed by atoms with van der Waals surface area (Å²) in [7, 11) is 3.65. The van der Waals surface area contributed by atoms with Crippen LogP contribution in [0.25, 0.3) is 0 Å². The van der Waals surface area contributed by atoms with Gasteiger partial charge in [0.05, 0.1) is 17.4 Å². The molecule has 1 aromatic heterocycles. The lowest BCUT2D eigenvalue weighted by atomic mass is 10.1. The largest absolute Gasteiger partial charge is 0.375 e. The van der Waals surface area contributed by atoms with Gasteiger partial charge < -0.3 is 4.90 Å². The van der Waals surface area contributed by atoms with Crippen LogP contribution in [0.4, 0.5) is 5.69 Å². The van der Waals surface area contributed by atoms with Crippen LogP contribution in [-0.2, 0) is 5.54 Å². The Bertz CT molecular complexity index is 418. The first kappa shape index (κ1) is 12.0. The average molecular weight is 230 g/mol. The van der Waals surface area contributed by atoms with E-state index in [0.29, 0.717) is 5.69 Å². The number of hydrogen-bond donors (Lipinski definition) is 0. The summed E-state index contributed by atoms with van der Waals surface area (Å²) >= 11 is 5.98. The van der Waals surface area contributed by atoms with Gasteiger partial charge in [0.25, 0.3) is 5.56 Å². The van der Waals surface area contributed by atoms with Crippen molar-refractivity contribution in [1.82, 2.24) is 9.78 Å². The Morgan fingerprint density at radius 2 is 1.93 bits per heavy atom. The van der Waals surface area contributed by atoms with Gasteiger partial charge >= 0.3 is 0 Å². The molecule has 0 radical (unpaired) electrons. The van der Waals surface area contributed by atoms with Crippen molar-refractivity contribution in [3.8, 4) is 0 Å². The van der Waals surface area contributed by atoms with Gasteiger partial charge in [-0.05, 0) is 20.8 Å². The minimum Gasteiger partial charge on any atom is -0.375 e. The monoisotopic (exact) mass is 229 g/mol. The molecule has 0 saturated heterocycles. The molecule has 84 valence electrons. The Morgan fingerprint density at radius 1 is 1.40 bits per heavy atom. The zero-order valence-electron chi connectivity index (χ0n) is 9.71. The summed E-state index contributed by atoms with van der Waals surface area (Å²) in [5.74, 6) is 0. The van der Waals surface area contributed by atoms with Crippen LogP contribution in [0.15, 0.2) is 11.0 Å². The molecule has 15 heavy (non-hydrogen) atoms. The van der Waals surface area contributed by atoms with E-state index in [1.54, 1.807) is 11.1 Å². The number of hydrogen-bond acceptors (Lipinski definition) is 3. The molecule has 0 saturated carbocycles. The minimum absolute atomic E-state index is 0.213. The summed E-state index contributed by atoms with van der Waals surface area (Å²) in [5.41, 5.74) is 0.0310. The molecule has 1 aromatic rings. The van der Waals surface area contributed by atoms with Crippen LogP contribution < -0.4 is 10.5 Å². The molecule has 5 heteroatoms. The van der Waals surface area contributed by atoms with Crippen molar-refractivity contribution in [1.29, 1.82) is 0 Å². The van der Waals surface area contributed by atoms with Crippen molar-refractivity contribution >= 4 is 17.3 Å². The van der Waals surface area contributed by atoms with Gasteiger partial charge in [-0.3, -0.25) is 4.79 Å². The second-order valence-electron chi connectivity index (χ2n) is 4.63. The van der Waals surface area contributed by atoms with E-state index < -0.39 is 0 Å². The molecule has 0 fully saturated rings. The molecule has 0 amide bonds. The lowest BCUT2D eigenvalue weighted by Crippen LogP contribution is -2.36. The van der Waals surface area contributed by atoms with Crippen LogP contribution in [0, 0.1) is 0 Å². The zero-order valence-corrected chi connectivity index (χ0v) is 10.5. The van der Waals surface area contributed by atoms with Crippen molar-refractivity contribution < 1.29 is 0 Å². The smallest absolute Gasteiger partial charge is 0.288 e. The first-order valence-electron chi connectivity index (χ1n) is 4.71. The summed E-state index contributed by atoms with van der Waals surface area (Å²) in [4.78, 5) is 13.7. The SMILES string of the molecule is CN(C)c1cnn(C(C)(C)C)c(=O)c1Cl. The summed E-state index contributed by atoms with van der Waals surface area (Å²) in [6.45, 7) is 5.73. The maximum Gasteiger partial charge on any atom is 0.288 e. The zero-order chi connectivity index (χ0) is 11.8. The summed E-state index contributed by atoms with van der Waals surface area (Å²) < 4.78 is 1.39. The maximum atomic E-state index is 11.9. The first-order chi connectivity index (χ1) is 6.75. The Kier molecular flexibility index (Phi) is 3.09. The molecule has 1 rings (SSSR count). The molecular weight excluding hydrogens is 214 g/mol. The molecule has 1 heterocycles. The van der Waals surface area contributed by atoms with Crippen molar-refractivity contribution in [3.05, 3.63) is 21.6 Å². The molecule has 0 N–H and O–H groups in total. The third kappa shape index (κ3) is 2.31. The molecule has 0 unspecified atom stereocenters. The van der Waals surface area contributed by atoms with E-state index in [1.165, 1.54) is 4.68 Å². The highest BCUT2D eigenvalue weighted by Crippen LogP contribution is 2.20. The van der Waals surface area contributed by atoms with Gasteiger partial charge in [-0.2, -0.15) is 5.10 Å². The van der Waals surface area contributed by atoms with Crippen LogP contribution in [-0.4, -0.2) is 23.9 Å². The fourth-order valence-corrected chi connectivity index (χ4v) is 1.51. The third-order valence-electron chi connectivity index (χ3n) is 2.02. The fourth-order valence-electron chi connectivity index (χ4n) is 1.21. The lowest BCUT2D eigenvalue weighted by Gasteiger charge is -2.22. The van der Waals surface area contributed by atoms with Crippen molar-refractivity contribution in [3.63, 3.8) is 0 Å². The number of rotatable bonds is 1. The molecule has 4 nitrogen and oxygen atoms in total. The molecule has 0 aliphatic heterocycles. The number of aromatic nitrogens is 2. The molecule has 0 atom stereocenters. The maximum absolute atomic E-state index is 11.9. The Labute approximate surface area is 94.5 Å². The summed E-state index contributed by atoms with van der Waals surface area (Å²) in [6, 6.07) is 0. The second-order valence-corrected chi connectivity index (χ2v) is 5.00. The minimum atomic E-state index is -0.356. The van der Waals surface area contributed by atoms with E-state index in [1.807, 2.05) is 34.9 Å². The van der Waals surface area contributed by atoms with Crippen molar-refractivity contribution in [2.45, 2.75) is 26.3 Å². The van der Waals surface area contributed by atoms with Crippen LogP contribution >= 0.6 is 11.6 Å². The number of anilines is 1. The predicted octanol–water partition coefficient (Wildman–Crippen LogP) is 1.72. The predicted molar refractivity (Wildman–Crippen MR) is 62.8 cm³/mol. The second kappa shape index (κ2) is 3.85. The highest BCUT2D eigenvalue weighted by molar-refractivity contribution is 6.32. The van der Waals surface area contributed by atoms with Gasteiger partial charge in [-0.15, -0.1) is 0 Å². The van der Waals surface area contributed by atoms with Gasteiger partial charge in [0.2, 0.25) is 0 Å². The standard InChI is InChI=1S/C10H16ClN3O/c1-10(2,3)14-9(15)8(11)7(6-12-14)13(4)5/h6H,1-5H3. The van der Waals surface area contributed by atoms with Crippen LogP contribution in [0.2, 0.25) is 5.02 Å². The average Bonchev–Trinajstić information content (AvgIpc) is 2.06. The van der Waals surface area contributed by atoms with Gasteiger partial charge in [0.15, 0.2) is 0 Å². The van der Waals surface area contributed by atoms with Crippen molar-refractivity contribution in [2.75, 3.05) is 19.0 Å². The molecule has 0 aliphatic carbocycles.